The Balaban J connectivity index is 2.43. The Labute approximate surface area is 99.6 Å². The van der Waals surface area contributed by atoms with Gasteiger partial charge in [-0.15, -0.1) is 0 Å². The summed E-state index contributed by atoms with van der Waals surface area (Å²) >= 11 is 0. The van der Waals surface area contributed by atoms with Crippen LogP contribution in [0.4, 0.5) is 0 Å². The predicted octanol–water partition coefficient (Wildman–Crippen LogP) is 2.16. The van der Waals surface area contributed by atoms with Gasteiger partial charge in [0, 0.05) is 18.6 Å². The number of likely N-dealkylation sites (tertiary alicyclic amines) is 1. The molecule has 94 valence electrons. The van der Waals surface area contributed by atoms with Gasteiger partial charge in [-0.1, -0.05) is 33.6 Å². The maximum atomic E-state index is 12.1. The van der Waals surface area contributed by atoms with E-state index in [1.165, 1.54) is 12.8 Å². The first-order valence-corrected chi connectivity index (χ1v) is 6.62. The van der Waals surface area contributed by atoms with Crippen molar-refractivity contribution in [3.63, 3.8) is 0 Å². The van der Waals surface area contributed by atoms with E-state index in [1.807, 2.05) is 0 Å². The molecule has 0 spiro atoms. The number of carbonyl (C=O) groups is 1. The number of amides is 1. The van der Waals surface area contributed by atoms with Gasteiger partial charge in [-0.05, 0) is 19.8 Å². The molecule has 2 unspecified atom stereocenters. The quantitative estimate of drug-likeness (QED) is 0.753. The highest BCUT2D eigenvalue weighted by Crippen LogP contribution is 2.18. The van der Waals surface area contributed by atoms with Crippen molar-refractivity contribution < 1.29 is 4.79 Å². The van der Waals surface area contributed by atoms with Crippen molar-refractivity contribution in [2.24, 2.45) is 0 Å². The lowest BCUT2D eigenvalue weighted by Gasteiger charge is -2.25. The molecule has 0 aromatic carbocycles. The zero-order valence-electron chi connectivity index (χ0n) is 11.1. The van der Waals surface area contributed by atoms with Crippen LogP contribution in [-0.4, -0.2) is 35.5 Å². The number of nitrogens with zero attached hydrogens (tertiary/aromatic N) is 1. The van der Waals surface area contributed by atoms with Gasteiger partial charge < -0.3 is 10.2 Å². The number of carbonyl (C=O) groups excluding carboxylic acids is 1. The smallest absolute Gasteiger partial charge is 0.240 e. The number of hydrogen-bond donors (Lipinski definition) is 1. The fraction of sp³-hybridized carbons (Fsp3) is 0.923. The second-order valence-corrected chi connectivity index (χ2v) is 5.19. The van der Waals surface area contributed by atoms with Crippen molar-refractivity contribution in [2.45, 2.75) is 71.5 Å². The fourth-order valence-electron chi connectivity index (χ4n) is 2.35. The van der Waals surface area contributed by atoms with Gasteiger partial charge in [0.05, 0.1) is 6.04 Å². The molecule has 16 heavy (non-hydrogen) atoms. The van der Waals surface area contributed by atoms with E-state index in [-0.39, 0.29) is 6.04 Å². The molecule has 0 saturated carbocycles. The molecule has 3 nitrogen and oxygen atoms in total. The Hall–Kier alpha value is -0.570. The molecule has 3 heteroatoms. The van der Waals surface area contributed by atoms with Gasteiger partial charge in [0.2, 0.25) is 5.91 Å². The van der Waals surface area contributed by atoms with E-state index in [0.29, 0.717) is 18.0 Å². The summed E-state index contributed by atoms with van der Waals surface area (Å²) in [6, 6.07) is 0.857. The van der Waals surface area contributed by atoms with Crippen LogP contribution in [0.5, 0.6) is 0 Å². The summed E-state index contributed by atoms with van der Waals surface area (Å²) in [6.45, 7) is 9.48. The van der Waals surface area contributed by atoms with Gasteiger partial charge in [0.15, 0.2) is 0 Å². The summed E-state index contributed by atoms with van der Waals surface area (Å²) in [5.74, 6) is 0.303. The van der Waals surface area contributed by atoms with Crippen LogP contribution in [0.2, 0.25) is 0 Å². The molecule has 1 aliphatic rings. The SMILES string of the molecule is CCCCC(C)N1CCC(NC(C)C)C1=O. The largest absolute Gasteiger partial charge is 0.339 e. The third-order valence-corrected chi connectivity index (χ3v) is 3.28. The van der Waals surface area contributed by atoms with Crippen molar-refractivity contribution in [3.8, 4) is 0 Å². The fourth-order valence-corrected chi connectivity index (χ4v) is 2.35. The Kier molecular flexibility index (Phi) is 5.26. The Morgan fingerprint density at radius 1 is 1.44 bits per heavy atom. The first-order valence-electron chi connectivity index (χ1n) is 6.62. The van der Waals surface area contributed by atoms with E-state index < -0.39 is 0 Å². The first kappa shape index (κ1) is 13.5. The molecule has 0 radical (unpaired) electrons. The monoisotopic (exact) mass is 226 g/mol. The minimum atomic E-state index is 0.0593. The van der Waals surface area contributed by atoms with Crippen LogP contribution in [-0.2, 0) is 4.79 Å². The molecule has 1 aliphatic heterocycles. The van der Waals surface area contributed by atoms with Crippen molar-refractivity contribution >= 4 is 5.91 Å². The van der Waals surface area contributed by atoms with E-state index in [4.69, 9.17) is 0 Å². The first-order chi connectivity index (χ1) is 7.56. The van der Waals surface area contributed by atoms with Gasteiger partial charge in [0.25, 0.3) is 0 Å². The Morgan fingerprint density at radius 2 is 2.12 bits per heavy atom. The van der Waals surface area contributed by atoms with Gasteiger partial charge >= 0.3 is 0 Å². The minimum absolute atomic E-state index is 0.0593. The number of unbranched alkanes of at least 4 members (excludes halogenated alkanes) is 1. The minimum Gasteiger partial charge on any atom is -0.339 e. The molecule has 1 N–H and O–H groups in total. The molecule has 0 aromatic rings. The summed E-state index contributed by atoms with van der Waals surface area (Å²) in [5, 5.41) is 3.34. The summed E-state index contributed by atoms with van der Waals surface area (Å²) in [4.78, 5) is 14.2. The lowest BCUT2D eigenvalue weighted by Crippen LogP contribution is -2.43. The number of hydrogen-bond acceptors (Lipinski definition) is 2. The van der Waals surface area contributed by atoms with E-state index in [2.05, 4.69) is 37.9 Å². The molecule has 2 atom stereocenters. The number of rotatable bonds is 6. The van der Waals surface area contributed by atoms with Crippen LogP contribution in [0.3, 0.4) is 0 Å². The van der Waals surface area contributed by atoms with Gasteiger partial charge in [-0.3, -0.25) is 4.79 Å². The predicted molar refractivity (Wildman–Crippen MR) is 67.4 cm³/mol. The van der Waals surface area contributed by atoms with E-state index >= 15 is 0 Å². The zero-order valence-corrected chi connectivity index (χ0v) is 11.1. The topological polar surface area (TPSA) is 32.3 Å². The third-order valence-electron chi connectivity index (χ3n) is 3.28. The molecule has 1 rings (SSSR count). The molecule has 0 aliphatic carbocycles. The Bertz CT molecular complexity index is 228. The van der Waals surface area contributed by atoms with E-state index in [0.717, 1.165) is 19.4 Å². The van der Waals surface area contributed by atoms with Crippen molar-refractivity contribution in [1.29, 1.82) is 0 Å². The van der Waals surface area contributed by atoms with Gasteiger partial charge in [0.1, 0.15) is 0 Å². The van der Waals surface area contributed by atoms with Crippen LogP contribution in [0.1, 0.15) is 53.4 Å². The highest BCUT2D eigenvalue weighted by atomic mass is 16.2. The summed E-state index contributed by atoms with van der Waals surface area (Å²) in [5.41, 5.74) is 0. The summed E-state index contributed by atoms with van der Waals surface area (Å²) in [6.07, 6.45) is 4.53. The second kappa shape index (κ2) is 6.24. The van der Waals surface area contributed by atoms with Crippen molar-refractivity contribution in [3.05, 3.63) is 0 Å². The molecular weight excluding hydrogens is 200 g/mol. The zero-order chi connectivity index (χ0) is 12.1. The lowest BCUT2D eigenvalue weighted by atomic mass is 10.1. The molecular formula is C13H26N2O. The molecule has 1 heterocycles. The molecule has 0 aromatic heterocycles. The van der Waals surface area contributed by atoms with Gasteiger partial charge in [-0.2, -0.15) is 0 Å². The summed E-state index contributed by atoms with van der Waals surface area (Å²) < 4.78 is 0. The van der Waals surface area contributed by atoms with Crippen LogP contribution < -0.4 is 5.32 Å². The highest BCUT2D eigenvalue weighted by Gasteiger charge is 2.33. The van der Waals surface area contributed by atoms with E-state index in [1.54, 1.807) is 0 Å². The van der Waals surface area contributed by atoms with Crippen molar-refractivity contribution in [1.82, 2.24) is 10.2 Å². The van der Waals surface area contributed by atoms with Gasteiger partial charge in [-0.25, -0.2) is 0 Å². The third kappa shape index (κ3) is 3.48. The van der Waals surface area contributed by atoms with Crippen LogP contribution in [0.25, 0.3) is 0 Å². The highest BCUT2D eigenvalue weighted by molar-refractivity contribution is 5.84. The number of nitrogens with one attached hydrogen (secondary N) is 1. The Morgan fingerprint density at radius 3 is 2.69 bits per heavy atom. The lowest BCUT2D eigenvalue weighted by molar-refractivity contribution is -0.131. The molecule has 0 bridgehead atoms. The van der Waals surface area contributed by atoms with Crippen LogP contribution in [0, 0.1) is 0 Å². The normalized spacial score (nSPS) is 23.2. The summed E-state index contributed by atoms with van der Waals surface area (Å²) in [7, 11) is 0. The molecule has 1 fully saturated rings. The van der Waals surface area contributed by atoms with Crippen LogP contribution >= 0.6 is 0 Å². The van der Waals surface area contributed by atoms with Crippen LogP contribution in [0.15, 0.2) is 0 Å². The van der Waals surface area contributed by atoms with E-state index in [9.17, 15) is 4.79 Å². The average molecular weight is 226 g/mol. The molecule has 1 saturated heterocycles. The molecule has 1 amide bonds. The average Bonchev–Trinajstić information content (AvgIpc) is 2.56. The van der Waals surface area contributed by atoms with Crippen molar-refractivity contribution in [2.75, 3.05) is 6.54 Å². The maximum Gasteiger partial charge on any atom is 0.240 e. The standard InChI is InChI=1S/C13H26N2O/c1-5-6-7-11(4)15-9-8-12(13(15)16)14-10(2)3/h10-12,14H,5-9H2,1-4H3. The second-order valence-electron chi connectivity index (χ2n) is 5.19. The maximum absolute atomic E-state index is 12.1.